The van der Waals surface area contributed by atoms with Crippen LogP contribution in [-0.4, -0.2) is 39.9 Å². The quantitative estimate of drug-likeness (QED) is 0.431. The van der Waals surface area contributed by atoms with Crippen LogP contribution >= 0.6 is 0 Å². The van der Waals surface area contributed by atoms with Crippen molar-refractivity contribution in [3.8, 4) is 0 Å². The Hall–Kier alpha value is -2.91. The van der Waals surface area contributed by atoms with E-state index in [0.717, 1.165) is 47.7 Å². The van der Waals surface area contributed by atoms with E-state index >= 15 is 0 Å². The number of hydrogen-bond acceptors (Lipinski definition) is 9. The van der Waals surface area contributed by atoms with Crippen molar-refractivity contribution in [3.05, 3.63) is 35.4 Å². The van der Waals surface area contributed by atoms with E-state index < -0.39 is 0 Å². The van der Waals surface area contributed by atoms with Gasteiger partial charge in [-0.25, -0.2) is 0 Å². The topological polar surface area (TPSA) is 111 Å². The first-order valence-electron chi connectivity index (χ1n) is 12.4. The van der Waals surface area contributed by atoms with Crippen molar-refractivity contribution < 1.29 is 4.79 Å². The summed E-state index contributed by atoms with van der Waals surface area (Å²) in [5.41, 5.74) is 12.4. The Labute approximate surface area is 202 Å². The predicted octanol–water partition coefficient (Wildman–Crippen LogP) is 3.84. The minimum atomic E-state index is 0.0513. The van der Waals surface area contributed by atoms with Gasteiger partial charge in [-0.1, -0.05) is 37.1 Å². The van der Waals surface area contributed by atoms with Crippen LogP contribution in [0.1, 0.15) is 76.2 Å². The van der Waals surface area contributed by atoms with Crippen molar-refractivity contribution in [1.82, 2.24) is 15.5 Å². The number of benzene rings is 1. The lowest BCUT2D eigenvalue weighted by atomic mass is 9.91. The van der Waals surface area contributed by atoms with E-state index in [1.807, 2.05) is 24.3 Å². The Morgan fingerprint density at radius 1 is 1.12 bits per heavy atom. The zero-order valence-corrected chi connectivity index (χ0v) is 20.9. The highest BCUT2D eigenvalue weighted by Crippen LogP contribution is 2.40. The van der Waals surface area contributed by atoms with Gasteiger partial charge in [-0.2, -0.15) is 9.97 Å². The molecule has 0 saturated heterocycles. The molecule has 9 nitrogen and oxygen atoms in total. The van der Waals surface area contributed by atoms with Crippen molar-refractivity contribution in [3.63, 3.8) is 0 Å². The van der Waals surface area contributed by atoms with Crippen molar-refractivity contribution in [2.45, 2.75) is 91.0 Å². The zero-order chi connectivity index (χ0) is 24.4. The van der Waals surface area contributed by atoms with E-state index in [-0.39, 0.29) is 30.0 Å². The van der Waals surface area contributed by atoms with E-state index in [0.29, 0.717) is 12.5 Å². The van der Waals surface area contributed by atoms with Crippen LogP contribution in [-0.2, 0) is 6.54 Å². The van der Waals surface area contributed by atoms with E-state index in [9.17, 15) is 4.79 Å². The van der Waals surface area contributed by atoms with Gasteiger partial charge in [-0.3, -0.25) is 14.8 Å². The second kappa shape index (κ2) is 10.1. The van der Waals surface area contributed by atoms with Crippen molar-refractivity contribution in [2.75, 3.05) is 20.7 Å². The third-order valence-electron chi connectivity index (χ3n) is 6.56. The number of nitrogens with zero attached hydrogens (tertiary/aromatic N) is 4. The molecule has 2 aliphatic rings. The molecule has 1 aliphatic heterocycles. The minimum Gasteiger partial charge on any atom is -0.364 e. The molecule has 1 aliphatic carbocycles. The number of Topliss-reactive ketones (excluding diaryl/α,β-unsaturated/α-hetero) is 1. The molecular formula is C25H38N8O. The summed E-state index contributed by atoms with van der Waals surface area (Å²) < 4.78 is 0. The SMILES string of the molecule is CC(=O)c1ccccc1CNc1nc(NC2CCCCC2N)nc2c1N(C(C)C)NN2C(C)C. The molecule has 1 aromatic carbocycles. The van der Waals surface area contributed by atoms with Gasteiger partial charge in [0.25, 0.3) is 0 Å². The lowest BCUT2D eigenvalue weighted by molar-refractivity contribution is 0.101. The minimum absolute atomic E-state index is 0.0513. The van der Waals surface area contributed by atoms with E-state index in [4.69, 9.17) is 15.7 Å². The first-order chi connectivity index (χ1) is 16.3. The second-order valence-electron chi connectivity index (χ2n) is 9.86. The maximum absolute atomic E-state index is 12.1. The second-order valence-corrected chi connectivity index (χ2v) is 9.86. The fourth-order valence-corrected chi connectivity index (χ4v) is 4.67. The lowest BCUT2D eigenvalue weighted by Gasteiger charge is -2.29. The van der Waals surface area contributed by atoms with Gasteiger partial charge >= 0.3 is 0 Å². The first kappa shape index (κ1) is 24.2. The highest BCUT2D eigenvalue weighted by atomic mass is 16.1. The predicted molar refractivity (Wildman–Crippen MR) is 138 cm³/mol. The standard InChI is InChI=1S/C25H38N8O/c1-15(2)32-22-23(27-14-18-10-6-7-11-19(18)17(5)34)29-25(28-21-13-9-8-12-20(21)26)30-24(22)33(31-32)16(3)4/h6-7,10-11,15-16,20-21,31H,8-9,12-14,26H2,1-5H3,(H2,27,28,29,30). The Bertz CT molecular complexity index is 1020. The van der Waals surface area contributed by atoms with Crippen LogP contribution in [0.5, 0.6) is 0 Å². The average molecular weight is 467 g/mol. The summed E-state index contributed by atoms with van der Waals surface area (Å²) in [7, 11) is 0. The van der Waals surface area contributed by atoms with E-state index in [1.165, 1.54) is 6.42 Å². The smallest absolute Gasteiger partial charge is 0.227 e. The molecule has 2 aromatic rings. The molecule has 9 heteroatoms. The summed E-state index contributed by atoms with van der Waals surface area (Å²) in [4.78, 5) is 22.0. The maximum Gasteiger partial charge on any atom is 0.227 e. The van der Waals surface area contributed by atoms with Crippen LogP contribution in [0, 0.1) is 0 Å². The molecule has 1 saturated carbocycles. The summed E-state index contributed by atoms with van der Waals surface area (Å²) in [6.45, 7) is 10.6. The molecule has 0 amide bonds. The van der Waals surface area contributed by atoms with Gasteiger partial charge in [0.2, 0.25) is 5.95 Å². The summed E-state index contributed by atoms with van der Waals surface area (Å²) in [6.07, 6.45) is 4.35. The third-order valence-corrected chi connectivity index (χ3v) is 6.56. The highest BCUT2D eigenvalue weighted by molar-refractivity contribution is 5.95. The van der Waals surface area contributed by atoms with Gasteiger partial charge in [0.15, 0.2) is 17.4 Å². The van der Waals surface area contributed by atoms with Gasteiger partial charge in [0.1, 0.15) is 5.69 Å². The number of ketones is 1. The van der Waals surface area contributed by atoms with Crippen molar-refractivity contribution in [1.29, 1.82) is 0 Å². The monoisotopic (exact) mass is 466 g/mol. The summed E-state index contributed by atoms with van der Waals surface area (Å²) >= 11 is 0. The summed E-state index contributed by atoms with van der Waals surface area (Å²) in [6, 6.07) is 8.30. The molecular weight excluding hydrogens is 428 g/mol. The Kier molecular flexibility index (Phi) is 7.23. The molecule has 1 aromatic heterocycles. The number of carbonyl (C=O) groups is 1. The Morgan fingerprint density at radius 2 is 1.82 bits per heavy atom. The highest BCUT2D eigenvalue weighted by Gasteiger charge is 2.35. The number of nitrogens with two attached hydrogens (primary N) is 1. The number of aromatic nitrogens is 2. The van der Waals surface area contributed by atoms with Gasteiger partial charge in [-0.15, -0.1) is 5.53 Å². The molecule has 0 radical (unpaired) electrons. The van der Waals surface area contributed by atoms with Gasteiger partial charge in [-0.05, 0) is 53.0 Å². The fourth-order valence-electron chi connectivity index (χ4n) is 4.67. The molecule has 1 fully saturated rings. The number of carbonyl (C=O) groups excluding carboxylic acids is 1. The Balaban J connectivity index is 1.72. The molecule has 2 unspecified atom stereocenters. The summed E-state index contributed by atoms with van der Waals surface area (Å²) in [5, 5.41) is 11.2. The summed E-state index contributed by atoms with van der Waals surface area (Å²) in [5.74, 6) is 2.17. The van der Waals surface area contributed by atoms with E-state index in [2.05, 4.69) is 53.9 Å². The number of nitrogens with one attached hydrogen (secondary N) is 3. The maximum atomic E-state index is 12.1. The van der Waals surface area contributed by atoms with Crippen LogP contribution in [0.15, 0.2) is 24.3 Å². The number of hydrazine groups is 2. The zero-order valence-electron chi connectivity index (χ0n) is 20.9. The van der Waals surface area contributed by atoms with Gasteiger partial charge in [0, 0.05) is 36.3 Å². The van der Waals surface area contributed by atoms with Crippen molar-refractivity contribution >= 4 is 29.1 Å². The average Bonchev–Trinajstić information content (AvgIpc) is 3.19. The van der Waals surface area contributed by atoms with Crippen LogP contribution in [0.25, 0.3) is 0 Å². The number of hydrogen-bond donors (Lipinski definition) is 4. The van der Waals surface area contributed by atoms with Crippen LogP contribution < -0.4 is 31.9 Å². The first-order valence-corrected chi connectivity index (χ1v) is 12.4. The molecule has 2 atom stereocenters. The van der Waals surface area contributed by atoms with Crippen LogP contribution in [0.2, 0.25) is 0 Å². The van der Waals surface area contributed by atoms with Crippen LogP contribution in [0.3, 0.4) is 0 Å². The van der Waals surface area contributed by atoms with Crippen molar-refractivity contribution in [2.24, 2.45) is 5.73 Å². The van der Waals surface area contributed by atoms with Crippen LogP contribution in [0.4, 0.5) is 23.3 Å². The molecule has 5 N–H and O–H groups in total. The third kappa shape index (κ3) is 4.95. The fraction of sp³-hybridized carbons (Fsp3) is 0.560. The number of fused-ring (bicyclic) bond motifs is 1. The molecule has 184 valence electrons. The Morgan fingerprint density at radius 3 is 2.50 bits per heavy atom. The molecule has 34 heavy (non-hydrogen) atoms. The molecule has 4 rings (SSSR count). The number of rotatable bonds is 8. The normalized spacial score (nSPS) is 20.1. The lowest BCUT2D eigenvalue weighted by Crippen LogP contribution is -2.50. The van der Waals surface area contributed by atoms with Gasteiger partial charge < -0.3 is 16.4 Å². The molecule has 0 bridgehead atoms. The van der Waals surface area contributed by atoms with Gasteiger partial charge in [0.05, 0.1) is 0 Å². The molecule has 2 heterocycles. The number of anilines is 4. The molecule has 0 spiro atoms. The largest absolute Gasteiger partial charge is 0.364 e. The van der Waals surface area contributed by atoms with E-state index in [1.54, 1.807) is 6.92 Å².